The second kappa shape index (κ2) is 24.8. The number of hydrogen-bond acceptors (Lipinski definition) is 14. The lowest BCUT2D eigenvalue weighted by atomic mass is 9.48. The number of aryl methyl sites for hydroxylation is 1. The van der Waals surface area contributed by atoms with Crippen LogP contribution in [0.15, 0.2) is 53.2 Å². The molecule has 388 valence electrons. The lowest BCUT2D eigenvalue weighted by molar-refractivity contribution is -0.151. The molecule has 20 nitrogen and oxygen atoms in total. The van der Waals surface area contributed by atoms with Gasteiger partial charge in [0.15, 0.2) is 0 Å². The van der Waals surface area contributed by atoms with Crippen LogP contribution in [0.2, 0.25) is 0 Å². The third kappa shape index (κ3) is 14.3. The number of nitrogens with zero attached hydrogens (tertiary/aromatic N) is 5. The molecule has 0 spiro atoms. The fraction of sp³-hybridized carbons (Fsp3) is 0.588. The molecule has 3 amide bonds. The molecule has 0 atom stereocenters. The molecule has 7 rings (SSSR count). The maximum absolute atomic E-state index is 14.7. The maximum atomic E-state index is 14.7. The highest BCUT2D eigenvalue weighted by Crippen LogP contribution is 2.58. The van der Waals surface area contributed by atoms with Crippen LogP contribution < -0.4 is 31.2 Å². The average Bonchev–Trinajstić information content (AvgIpc) is 3.31. The van der Waals surface area contributed by atoms with Crippen LogP contribution in [-0.2, 0) is 28.8 Å². The zero-order valence-corrected chi connectivity index (χ0v) is 41.8. The van der Waals surface area contributed by atoms with E-state index in [4.69, 9.17) is 20.2 Å². The molecule has 1 heterocycles. The number of hydrogen-bond donors (Lipinski definition) is 7. The number of carboxylic acid groups (broad SMARTS) is 3. The van der Waals surface area contributed by atoms with Crippen molar-refractivity contribution in [3.63, 3.8) is 0 Å². The summed E-state index contributed by atoms with van der Waals surface area (Å²) in [4.78, 5) is 89.8. The van der Waals surface area contributed by atoms with Gasteiger partial charge in [0, 0.05) is 65.4 Å². The van der Waals surface area contributed by atoms with Gasteiger partial charge in [-0.25, -0.2) is 4.99 Å². The number of carboxylic acids is 3. The number of allylic oxidation sites excluding steroid dienone is 1. The van der Waals surface area contributed by atoms with Crippen molar-refractivity contribution < 1.29 is 53.6 Å². The van der Waals surface area contributed by atoms with Gasteiger partial charge in [0.1, 0.15) is 17.0 Å². The van der Waals surface area contributed by atoms with Crippen molar-refractivity contribution in [3.8, 4) is 11.5 Å². The summed E-state index contributed by atoms with van der Waals surface area (Å²) in [6.07, 6.45) is 5.80. The summed E-state index contributed by atoms with van der Waals surface area (Å²) >= 11 is 0. The van der Waals surface area contributed by atoms with Crippen molar-refractivity contribution in [2.45, 2.75) is 64.3 Å². The fourth-order valence-corrected chi connectivity index (χ4v) is 11.2. The molecule has 2 aromatic carbocycles. The lowest BCUT2D eigenvalue weighted by Gasteiger charge is -2.60. The second-order valence-corrected chi connectivity index (χ2v) is 19.9. The molecular weight excluding hydrogens is 915 g/mol. The van der Waals surface area contributed by atoms with Gasteiger partial charge in [-0.3, -0.25) is 48.4 Å². The third-order valence-electron chi connectivity index (χ3n) is 14.5. The molecule has 4 bridgehead atoms. The first-order valence-electron chi connectivity index (χ1n) is 24.7. The lowest BCUT2D eigenvalue weighted by Crippen LogP contribution is -2.72. The van der Waals surface area contributed by atoms with Crippen LogP contribution >= 0.6 is 0 Å². The van der Waals surface area contributed by atoms with Gasteiger partial charge < -0.3 is 46.5 Å². The van der Waals surface area contributed by atoms with E-state index in [-0.39, 0.29) is 127 Å². The summed E-state index contributed by atoms with van der Waals surface area (Å²) in [5, 5.41) is 37.8. The molecule has 1 saturated heterocycles. The number of nitrogens with two attached hydrogens (primary N) is 1. The van der Waals surface area contributed by atoms with E-state index in [9.17, 15) is 44.1 Å². The number of ether oxygens (including phenoxy) is 2. The summed E-state index contributed by atoms with van der Waals surface area (Å²) in [6, 6.07) is 11.3. The first-order valence-corrected chi connectivity index (χ1v) is 24.7. The highest BCUT2D eigenvalue weighted by molar-refractivity contribution is 6.16. The first kappa shape index (κ1) is 54.2. The Morgan fingerprint density at radius 2 is 1.18 bits per heavy atom. The molecule has 4 saturated carbocycles. The Morgan fingerprint density at radius 3 is 1.63 bits per heavy atom. The van der Waals surface area contributed by atoms with Crippen LogP contribution in [0.3, 0.4) is 0 Å². The molecule has 5 aliphatic rings. The van der Waals surface area contributed by atoms with E-state index in [0.717, 1.165) is 43.2 Å². The molecule has 0 radical (unpaired) electrons. The average molecular weight is 988 g/mol. The van der Waals surface area contributed by atoms with Gasteiger partial charge in [-0.2, -0.15) is 0 Å². The number of rotatable bonds is 20. The minimum absolute atomic E-state index is 0.0740. The van der Waals surface area contributed by atoms with E-state index in [0.29, 0.717) is 40.3 Å². The number of aliphatic carboxylic acids is 3. The Hall–Kier alpha value is -6.09. The van der Waals surface area contributed by atoms with Crippen LogP contribution in [0.25, 0.3) is 0 Å². The Bertz CT molecular complexity index is 2240. The third-order valence-corrected chi connectivity index (χ3v) is 14.5. The minimum Gasteiger partial charge on any atom is -0.496 e. The van der Waals surface area contributed by atoms with Crippen LogP contribution in [-0.4, -0.2) is 188 Å². The topological polar surface area (TPSA) is 269 Å². The van der Waals surface area contributed by atoms with Gasteiger partial charge in [0.05, 0.1) is 63.1 Å². The Balaban J connectivity index is 1.17. The standard InChI is InChI=1S/C51H73N9O11/c1-32(2)38-21-33(3)9-10-40(38)55-41(48-42(70-4)7-6-8-43(48)71-5)27-39(52)49(68)56-51(36-23-34-22-35(25-36)26-37(51)24-34)50(69)54-12-11-53-44(61)28-57-13-15-58(29-45(62)63)17-19-60(31-47(66)67)20-18-59(16-14-57)30-46(64)65/h6-10,21,27,32,34-37H,11-20,22-26,28-31,52H2,1-5H3,(H,53,61)(H,54,69)(H,56,68)(H,62,63)(H,64,65)(H,66,67). The van der Waals surface area contributed by atoms with E-state index in [1.54, 1.807) is 47.1 Å². The van der Waals surface area contributed by atoms with Crippen molar-refractivity contribution in [1.29, 1.82) is 0 Å². The molecule has 20 heteroatoms. The SMILES string of the molecule is COc1cccc(OC)c1C(C=C(N)C(=O)NC1(C(=O)NCCNC(=O)CN2CCN(CC(=O)O)CCN(CC(=O)O)CCN(CC(=O)O)CC2)C2CC3CC(C2)CC1C3)=Nc1ccc(C)cc1C(C)C. The highest BCUT2D eigenvalue weighted by Gasteiger charge is 2.61. The van der Waals surface area contributed by atoms with Crippen molar-refractivity contribution >= 4 is 47.0 Å². The van der Waals surface area contributed by atoms with Gasteiger partial charge in [0.2, 0.25) is 11.8 Å². The molecule has 71 heavy (non-hydrogen) atoms. The molecule has 5 fully saturated rings. The number of carbonyl (C=O) groups is 6. The second-order valence-electron chi connectivity index (χ2n) is 19.9. The molecule has 1 aliphatic heterocycles. The van der Waals surface area contributed by atoms with Gasteiger partial charge in [0.25, 0.3) is 5.91 Å². The normalized spacial score (nSPS) is 23.9. The van der Waals surface area contributed by atoms with Crippen molar-refractivity contribution in [2.75, 3.05) is 106 Å². The van der Waals surface area contributed by atoms with Gasteiger partial charge >= 0.3 is 17.9 Å². The fourth-order valence-electron chi connectivity index (χ4n) is 11.2. The van der Waals surface area contributed by atoms with Crippen LogP contribution in [0, 0.1) is 30.6 Å². The monoisotopic (exact) mass is 988 g/mol. The first-order chi connectivity index (χ1) is 33.9. The molecule has 8 N–H and O–H groups in total. The van der Waals surface area contributed by atoms with E-state index < -0.39 is 29.4 Å². The zero-order valence-electron chi connectivity index (χ0n) is 41.8. The van der Waals surface area contributed by atoms with Crippen molar-refractivity contribution in [1.82, 2.24) is 35.6 Å². The molecule has 0 aromatic heterocycles. The number of benzene rings is 2. The number of carbonyl (C=O) groups excluding carboxylic acids is 3. The summed E-state index contributed by atoms with van der Waals surface area (Å²) < 4.78 is 11.6. The van der Waals surface area contributed by atoms with E-state index in [1.165, 1.54) is 6.08 Å². The summed E-state index contributed by atoms with van der Waals surface area (Å²) in [5.41, 5.74) is 8.98. The van der Waals surface area contributed by atoms with Crippen LogP contribution in [0.1, 0.15) is 68.6 Å². The largest absolute Gasteiger partial charge is 0.496 e. The van der Waals surface area contributed by atoms with E-state index in [1.807, 2.05) is 24.0 Å². The summed E-state index contributed by atoms with van der Waals surface area (Å²) in [6.45, 7) is 7.57. The minimum atomic E-state index is -1.25. The smallest absolute Gasteiger partial charge is 0.317 e. The number of aliphatic imine (C=N–C) groups is 1. The number of methoxy groups -OCH3 is 2. The quantitative estimate of drug-likeness (QED) is 0.0569. The van der Waals surface area contributed by atoms with Gasteiger partial charge in [-0.15, -0.1) is 0 Å². The van der Waals surface area contributed by atoms with Crippen LogP contribution in [0.5, 0.6) is 11.5 Å². The zero-order chi connectivity index (χ0) is 51.4. The molecule has 4 aliphatic carbocycles. The predicted molar refractivity (Wildman–Crippen MR) is 266 cm³/mol. The van der Waals surface area contributed by atoms with Gasteiger partial charge in [-0.1, -0.05) is 37.6 Å². The molecular formula is C51H73N9O11. The summed E-state index contributed by atoms with van der Waals surface area (Å²) in [7, 11) is 3.09. The number of amides is 3. The van der Waals surface area contributed by atoms with Crippen LogP contribution in [0.4, 0.5) is 5.69 Å². The molecule has 0 unspecified atom stereocenters. The summed E-state index contributed by atoms with van der Waals surface area (Å²) in [5.74, 6) is -2.66. The Morgan fingerprint density at radius 1 is 0.718 bits per heavy atom. The van der Waals surface area contributed by atoms with Gasteiger partial charge in [-0.05, 0) is 98.5 Å². The Labute approximate surface area is 416 Å². The number of nitrogens with one attached hydrogen (secondary N) is 3. The van der Waals surface area contributed by atoms with E-state index in [2.05, 4.69) is 35.9 Å². The Kier molecular flexibility index (Phi) is 19.0. The highest BCUT2D eigenvalue weighted by atomic mass is 16.5. The predicted octanol–water partition coefficient (Wildman–Crippen LogP) is 2.12. The van der Waals surface area contributed by atoms with E-state index >= 15 is 0 Å². The molecule has 2 aromatic rings. The van der Waals surface area contributed by atoms with Crippen molar-refractivity contribution in [2.24, 2.45) is 34.4 Å². The maximum Gasteiger partial charge on any atom is 0.317 e. The van der Waals surface area contributed by atoms with Crippen molar-refractivity contribution in [3.05, 3.63) is 64.9 Å².